The predicted molar refractivity (Wildman–Crippen MR) is 97.6 cm³/mol. The Kier molecular flexibility index (Phi) is 5.01. The molecule has 0 aliphatic carbocycles. The lowest BCUT2D eigenvalue weighted by atomic mass is 10.1. The number of hydrogen-bond donors (Lipinski definition) is 1. The van der Waals surface area contributed by atoms with Crippen LogP contribution in [0.15, 0.2) is 48.5 Å². The maximum absolute atomic E-state index is 12.0. The highest BCUT2D eigenvalue weighted by atomic mass is 32.1. The smallest absolute Gasteiger partial charge is 0.224 e. The number of amides is 1. The number of hydrogen-bond acceptors (Lipinski definition) is 4. The number of anilines is 1. The van der Waals surface area contributed by atoms with Gasteiger partial charge in [-0.05, 0) is 56.2 Å². The summed E-state index contributed by atoms with van der Waals surface area (Å²) >= 11 is 1.68. The molecule has 2 aromatic carbocycles. The lowest BCUT2D eigenvalue weighted by molar-refractivity contribution is -0.116. The van der Waals surface area contributed by atoms with Crippen molar-refractivity contribution in [2.75, 3.05) is 5.32 Å². The van der Waals surface area contributed by atoms with Gasteiger partial charge >= 0.3 is 0 Å². The standard InChI is InChI=1S/C19H18N2O2S/c1-13(22)14-9-11-15(12-10-14)20-18(23)7-4-8-19-21-16-5-2-3-6-17(16)24-19/h2-3,5-6,9-12H,4,7-8H2,1H3,(H,20,23). The number of fused-ring (bicyclic) bond motifs is 1. The fraction of sp³-hybridized carbons (Fsp3) is 0.211. The first kappa shape index (κ1) is 16.3. The van der Waals surface area contributed by atoms with Gasteiger partial charge in [0.05, 0.1) is 15.2 Å². The Morgan fingerprint density at radius 2 is 1.83 bits per heavy atom. The van der Waals surface area contributed by atoms with E-state index in [2.05, 4.69) is 16.4 Å². The van der Waals surface area contributed by atoms with Gasteiger partial charge in [-0.15, -0.1) is 11.3 Å². The second-order valence-corrected chi connectivity index (χ2v) is 6.73. The monoisotopic (exact) mass is 338 g/mol. The van der Waals surface area contributed by atoms with Gasteiger partial charge in [-0.3, -0.25) is 9.59 Å². The van der Waals surface area contributed by atoms with Gasteiger partial charge in [-0.2, -0.15) is 0 Å². The van der Waals surface area contributed by atoms with Gasteiger partial charge in [0.1, 0.15) is 0 Å². The number of Topliss-reactive ketones (excluding diaryl/α,β-unsaturated/α-hetero) is 1. The summed E-state index contributed by atoms with van der Waals surface area (Å²) in [5.41, 5.74) is 2.38. The minimum atomic E-state index is -0.0216. The lowest BCUT2D eigenvalue weighted by Gasteiger charge is -2.05. The van der Waals surface area contributed by atoms with Gasteiger partial charge in [0.25, 0.3) is 0 Å². The molecule has 122 valence electrons. The van der Waals surface area contributed by atoms with Crippen molar-refractivity contribution in [2.45, 2.75) is 26.2 Å². The number of carbonyl (C=O) groups is 2. The lowest BCUT2D eigenvalue weighted by Crippen LogP contribution is -2.11. The number of carbonyl (C=O) groups excluding carboxylic acids is 2. The average molecular weight is 338 g/mol. The van der Waals surface area contributed by atoms with Crippen molar-refractivity contribution < 1.29 is 9.59 Å². The zero-order valence-electron chi connectivity index (χ0n) is 13.4. The van der Waals surface area contributed by atoms with Crippen LogP contribution in [-0.2, 0) is 11.2 Å². The van der Waals surface area contributed by atoms with Crippen LogP contribution >= 0.6 is 11.3 Å². The van der Waals surface area contributed by atoms with E-state index in [0.29, 0.717) is 17.7 Å². The third kappa shape index (κ3) is 4.06. The molecule has 0 spiro atoms. The molecule has 3 rings (SSSR count). The van der Waals surface area contributed by atoms with Crippen molar-refractivity contribution in [3.63, 3.8) is 0 Å². The van der Waals surface area contributed by atoms with Crippen LogP contribution < -0.4 is 5.32 Å². The van der Waals surface area contributed by atoms with Crippen LogP contribution in [0.5, 0.6) is 0 Å². The minimum Gasteiger partial charge on any atom is -0.326 e. The van der Waals surface area contributed by atoms with Crippen molar-refractivity contribution in [1.82, 2.24) is 4.98 Å². The normalized spacial score (nSPS) is 10.7. The maximum Gasteiger partial charge on any atom is 0.224 e. The van der Waals surface area contributed by atoms with Crippen LogP contribution in [0.2, 0.25) is 0 Å². The number of nitrogens with zero attached hydrogens (tertiary/aromatic N) is 1. The molecule has 0 fully saturated rings. The molecule has 0 saturated carbocycles. The zero-order chi connectivity index (χ0) is 16.9. The van der Waals surface area contributed by atoms with Crippen LogP contribution in [0.25, 0.3) is 10.2 Å². The topological polar surface area (TPSA) is 59.1 Å². The van der Waals surface area contributed by atoms with E-state index < -0.39 is 0 Å². The van der Waals surface area contributed by atoms with Crippen LogP contribution in [-0.4, -0.2) is 16.7 Å². The summed E-state index contributed by atoms with van der Waals surface area (Å²) in [6, 6.07) is 15.0. The molecule has 1 amide bonds. The van der Waals surface area contributed by atoms with Crippen LogP contribution in [0.4, 0.5) is 5.69 Å². The summed E-state index contributed by atoms with van der Waals surface area (Å²) in [5, 5.41) is 3.92. The van der Waals surface area contributed by atoms with Gasteiger partial charge in [0, 0.05) is 17.7 Å². The van der Waals surface area contributed by atoms with E-state index in [-0.39, 0.29) is 11.7 Å². The molecule has 1 heterocycles. The number of nitrogens with one attached hydrogen (secondary N) is 1. The minimum absolute atomic E-state index is 0.0173. The second-order valence-electron chi connectivity index (χ2n) is 5.61. The molecule has 0 bridgehead atoms. The first-order valence-electron chi connectivity index (χ1n) is 7.87. The first-order valence-corrected chi connectivity index (χ1v) is 8.69. The van der Waals surface area contributed by atoms with Crippen molar-refractivity contribution in [3.8, 4) is 0 Å². The molecule has 0 aliphatic rings. The number of thiazole rings is 1. The number of ketones is 1. The number of aromatic nitrogens is 1. The van der Waals surface area contributed by atoms with Gasteiger partial charge in [0.15, 0.2) is 5.78 Å². The number of aryl methyl sites for hydroxylation is 1. The Hall–Kier alpha value is -2.53. The molecule has 24 heavy (non-hydrogen) atoms. The van der Waals surface area contributed by atoms with E-state index in [4.69, 9.17) is 0 Å². The van der Waals surface area contributed by atoms with E-state index >= 15 is 0 Å². The Labute approximate surface area is 144 Å². The highest BCUT2D eigenvalue weighted by Crippen LogP contribution is 2.22. The third-order valence-corrected chi connectivity index (χ3v) is 4.80. The van der Waals surface area contributed by atoms with Gasteiger partial charge < -0.3 is 5.32 Å². The largest absolute Gasteiger partial charge is 0.326 e. The molecule has 4 nitrogen and oxygen atoms in total. The summed E-state index contributed by atoms with van der Waals surface area (Å²) in [5.74, 6) is -0.00426. The third-order valence-electron chi connectivity index (χ3n) is 3.71. The molecule has 0 aliphatic heterocycles. The summed E-state index contributed by atoms with van der Waals surface area (Å²) in [6.07, 6.45) is 2.01. The molecule has 0 radical (unpaired) electrons. The van der Waals surface area contributed by atoms with Crippen LogP contribution in [0.1, 0.15) is 35.1 Å². The highest BCUT2D eigenvalue weighted by molar-refractivity contribution is 7.18. The summed E-state index contributed by atoms with van der Waals surface area (Å²) in [4.78, 5) is 27.8. The predicted octanol–water partition coefficient (Wildman–Crippen LogP) is 4.46. The van der Waals surface area contributed by atoms with Crippen molar-refractivity contribution in [3.05, 3.63) is 59.1 Å². The van der Waals surface area contributed by atoms with Crippen molar-refractivity contribution >= 4 is 38.9 Å². The van der Waals surface area contributed by atoms with Crippen LogP contribution in [0.3, 0.4) is 0 Å². The molecular weight excluding hydrogens is 320 g/mol. The molecule has 1 aromatic heterocycles. The summed E-state index contributed by atoms with van der Waals surface area (Å²) in [7, 11) is 0. The van der Waals surface area contributed by atoms with Crippen molar-refractivity contribution in [1.29, 1.82) is 0 Å². The zero-order valence-corrected chi connectivity index (χ0v) is 14.2. The van der Waals surface area contributed by atoms with Gasteiger partial charge in [-0.25, -0.2) is 4.98 Å². The molecule has 0 unspecified atom stereocenters. The molecule has 3 aromatic rings. The van der Waals surface area contributed by atoms with E-state index in [0.717, 1.165) is 23.4 Å². The molecule has 1 N–H and O–H groups in total. The fourth-order valence-corrected chi connectivity index (χ4v) is 3.45. The Bertz CT molecular complexity index is 835. The van der Waals surface area contributed by atoms with Crippen molar-refractivity contribution in [2.24, 2.45) is 0 Å². The Balaban J connectivity index is 1.49. The molecule has 0 atom stereocenters. The fourth-order valence-electron chi connectivity index (χ4n) is 2.44. The number of benzene rings is 2. The van der Waals surface area contributed by atoms with E-state index in [1.165, 1.54) is 11.6 Å². The molecular formula is C19H18N2O2S. The Morgan fingerprint density at radius 3 is 2.54 bits per heavy atom. The molecule has 5 heteroatoms. The van der Waals surface area contributed by atoms with E-state index in [9.17, 15) is 9.59 Å². The average Bonchev–Trinajstić information content (AvgIpc) is 2.98. The quantitative estimate of drug-likeness (QED) is 0.675. The van der Waals surface area contributed by atoms with Gasteiger partial charge in [-0.1, -0.05) is 12.1 Å². The highest BCUT2D eigenvalue weighted by Gasteiger charge is 2.06. The van der Waals surface area contributed by atoms with Crippen LogP contribution in [0, 0.1) is 0 Å². The molecule has 0 saturated heterocycles. The number of para-hydroxylation sites is 1. The second kappa shape index (κ2) is 7.36. The SMILES string of the molecule is CC(=O)c1ccc(NC(=O)CCCc2nc3ccccc3s2)cc1. The number of rotatable bonds is 6. The maximum atomic E-state index is 12.0. The van der Waals surface area contributed by atoms with E-state index in [1.54, 1.807) is 35.6 Å². The summed E-state index contributed by atoms with van der Waals surface area (Å²) < 4.78 is 1.18. The first-order chi connectivity index (χ1) is 11.6. The van der Waals surface area contributed by atoms with E-state index in [1.807, 2.05) is 18.2 Å². The Morgan fingerprint density at radius 1 is 1.08 bits per heavy atom. The van der Waals surface area contributed by atoms with Gasteiger partial charge in [0.2, 0.25) is 5.91 Å². The summed E-state index contributed by atoms with van der Waals surface area (Å²) in [6.45, 7) is 1.52.